The highest BCUT2D eigenvalue weighted by molar-refractivity contribution is 6.10. The van der Waals surface area contributed by atoms with E-state index in [1.807, 2.05) is 29.2 Å². The van der Waals surface area contributed by atoms with Gasteiger partial charge in [-0.3, -0.25) is 14.5 Å². The normalized spacial score (nSPS) is 20.9. The summed E-state index contributed by atoms with van der Waals surface area (Å²) in [5, 5.41) is 0. The monoisotopic (exact) mass is 381 g/mol. The van der Waals surface area contributed by atoms with E-state index in [2.05, 4.69) is 15.9 Å². The summed E-state index contributed by atoms with van der Waals surface area (Å²) in [6.07, 6.45) is 8.85. The zero-order valence-corrected chi connectivity index (χ0v) is 16.7. The predicted molar refractivity (Wildman–Crippen MR) is 112 cm³/mol. The van der Waals surface area contributed by atoms with Gasteiger partial charge in [0, 0.05) is 56.8 Å². The lowest BCUT2D eigenvalue weighted by atomic mass is 10.1. The second kappa shape index (κ2) is 8.91. The van der Waals surface area contributed by atoms with Gasteiger partial charge in [-0.05, 0) is 50.8 Å². The minimum atomic E-state index is 0.0797. The van der Waals surface area contributed by atoms with Crippen LogP contribution < -0.4 is 4.90 Å². The summed E-state index contributed by atoms with van der Waals surface area (Å²) in [4.78, 5) is 31.8. The molecule has 150 valence electrons. The van der Waals surface area contributed by atoms with Crippen molar-refractivity contribution in [1.82, 2.24) is 9.80 Å². The van der Waals surface area contributed by atoms with Gasteiger partial charge in [0.05, 0.1) is 5.69 Å². The SMILES string of the molecule is O=C1CCC(=O)N(CCCCN2CCCN3CCCC=C3C2)c2ccccc21. The Labute approximate surface area is 168 Å². The van der Waals surface area contributed by atoms with Crippen LogP contribution in [-0.4, -0.2) is 60.8 Å². The molecule has 3 aliphatic heterocycles. The summed E-state index contributed by atoms with van der Waals surface area (Å²) in [5.74, 6) is 0.164. The lowest BCUT2D eigenvalue weighted by Gasteiger charge is -2.30. The molecule has 4 rings (SSSR count). The standard InChI is InChI=1S/C23H31N3O2/c27-22-11-12-23(28)26(21-10-2-1-9-20(21)22)17-6-5-13-24-14-7-16-25-15-4-3-8-19(25)18-24/h1-2,8-10H,3-7,11-18H2. The number of hydrogen-bond acceptors (Lipinski definition) is 4. The number of ketones is 1. The van der Waals surface area contributed by atoms with Gasteiger partial charge in [0.15, 0.2) is 5.78 Å². The highest BCUT2D eigenvalue weighted by Crippen LogP contribution is 2.27. The van der Waals surface area contributed by atoms with Crippen LogP contribution in [0, 0.1) is 0 Å². The van der Waals surface area contributed by atoms with E-state index in [1.165, 1.54) is 38.0 Å². The van der Waals surface area contributed by atoms with Crippen molar-refractivity contribution in [1.29, 1.82) is 0 Å². The molecule has 5 heteroatoms. The van der Waals surface area contributed by atoms with E-state index in [-0.39, 0.29) is 11.7 Å². The Kier molecular flexibility index (Phi) is 6.10. The fraction of sp³-hybridized carbons (Fsp3) is 0.565. The van der Waals surface area contributed by atoms with Crippen molar-refractivity contribution < 1.29 is 9.59 Å². The molecule has 0 saturated carbocycles. The number of hydrogen-bond donors (Lipinski definition) is 0. The Morgan fingerprint density at radius 1 is 0.893 bits per heavy atom. The minimum Gasteiger partial charge on any atom is -0.374 e. The van der Waals surface area contributed by atoms with Crippen molar-refractivity contribution in [3.63, 3.8) is 0 Å². The zero-order chi connectivity index (χ0) is 19.3. The van der Waals surface area contributed by atoms with Crippen molar-refractivity contribution in [3.05, 3.63) is 41.6 Å². The molecule has 0 aromatic heterocycles. The first kappa shape index (κ1) is 19.2. The molecule has 28 heavy (non-hydrogen) atoms. The first-order valence-electron chi connectivity index (χ1n) is 10.8. The first-order chi connectivity index (χ1) is 13.7. The van der Waals surface area contributed by atoms with Crippen LogP contribution in [0.2, 0.25) is 0 Å². The van der Waals surface area contributed by atoms with E-state index in [0.717, 1.165) is 38.2 Å². The molecule has 1 saturated heterocycles. The van der Waals surface area contributed by atoms with Crippen molar-refractivity contribution in [2.75, 3.05) is 44.2 Å². The minimum absolute atomic E-state index is 0.0797. The van der Waals surface area contributed by atoms with E-state index >= 15 is 0 Å². The lowest BCUT2D eigenvalue weighted by molar-refractivity contribution is -0.118. The van der Waals surface area contributed by atoms with Gasteiger partial charge < -0.3 is 9.80 Å². The third kappa shape index (κ3) is 4.30. The second-order valence-electron chi connectivity index (χ2n) is 8.15. The molecule has 3 aliphatic rings. The lowest BCUT2D eigenvalue weighted by Crippen LogP contribution is -2.33. The largest absolute Gasteiger partial charge is 0.374 e. The molecule has 0 unspecified atom stereocenters. The molecule has 0 atom stereocenters. The Morgan fingerprint density at radius 2 is 1.71 bits per heavy atom. The number of unbranched alkanes of at least 4 members (excludes halogenated alkanes) is 1. The molecule has 0 bridgehead atoms. The smallest absolute Gasteiger partial charge is 0.227 e. The van der Waals surface area contributed by atoms with Gasteiger partial charge in [-0.2, -0.15) is 0 Å². The number of rotatable bonds is 5. The summed E-state index contributed by atoms with van der Waals surface area (Å²) in [6, 6.07) is 7.56. The molecule has 1 amide bonds. The van der Waals surface area contributed by atoms with Crippen LogP contribution in [0.3, 0.4) is 0 Å². The van der Waals surface area contributed by atoms with Crippen LogP contribution in [0.4, 0.5) is 5.69 Å². The van der Waals surface area contributed by atoms with Gasteiger partial charge in [-0.15, -0.1) is 0 Å². The van der Waals surface area contributed by atoms with Crippen LogP contribution in [0.1, 0.15) is 55.3 Å². The van der Waals surface area contributed by atoms with E-state index in [1.54, 1.807) is 0 Å². The second-order valence-corrected chi connectivity index (χ2v) is 8.15. The van der Waals surface area contributed by atoms with Gasteiger partial charge in [-0.25, -0.2) is 0 Å². The van der Waals surface area contributed by atoms with Gasteiger partial charge >= 0.3 is 0 Å². The molecule has 0 aliphatic carbocycles. The van der Waals surface area contributed by atoms with Crippen LogP contribution in [0.5, 0.6) is 0 Å². The topological polar surface area (TPSA) is 43.9 Å². The molecule has 0 N–H and O–H groups in total. The number of Topliss-reactive ketones (excluding diaryl/α,β-unsaturated/α-hetero) is 1. The van der Waals surface area contributed by atoms with Crippen LogP contribution in [-0.2, 0) is 4.79 Å². The van der Waals surface area contributed by atoms with Crippen molar-refractivity contribution in [3.8, 4) is 0 Å². The van der Waals surface area contributed by atoms with Gasteiger partial charge in [-0.1, -0.05) is 18.2 Å². The Morgan fingerprint density at radius 3 is 2.64 bits per heavy atom. The maximum absolute atomic E-state index is 12.6. The number of anilines is 1. The maximum atomic E-state index is 12.6. The van der Waals surface area contributed by atoms with Crippen LogP contribution >= 0.6 is 0 Å². The average molecular weight is 382 g/mol. The summed E-state index contributed by atoms with van der Waals surface area (Å²) in [5.41, 5.74) is 3.01. The van der Waals surface area contributed by atoms with E-state index in [4.69, 9.17) is 0 Å². The number of fused-ring (bicyclic) bond motifs is 2. The fourth-order valence-electron chi connectivity index (χ4n) is 4.65. The molecule has 5 nitrogen and oxygen atoms in total. The summed E-state index contributed by atoms with van der Waals surface area (Å²) < 4.78 is 0. The van der Waals surface area contributed by atoms with Crippen LogP contribution in [0.25, 0.3) is 0 Å². The summed E-state index contributed by atoms with van der Waals surface area (Å²) in [7, 11) is 0. The molecule has 3 heterocycles. The van der Waals surface area contributed by atoms with Crippen molar-refractivity contribution in [2.24, 2.45) is 0 Å². The van der Waals surface area contributed by atoms with Gasteiger partial charge in [0.25, 0.3) is 0 Å². The predicted octanol–water partition coefficient (Wildman–Crippen LogP) is 3.46. The van der Waals surface area contributed by atoms with Crippen molar-refractivity contribution >= 4 is 17.4 Å². The third-order valence-electron chi connectivity index (χ3n) is 6.17. The summed E-state index contributed by atoms with van der Waals surface area (Å²) >= 11 is 0. The highest BCUT2D eigenvalue weighted by Gasteiger charge is 2.26. The number of nitrogens with zero attached hydrogens (tertiary/aromatic N) is 3. The fourth-order valence-corrected chi connectivity index (χ4v) is 4.65. The number of allylic oxidation sites excluding steroid dienone is 1. The molecule has 0 spiro atoms. The molecular formula is C23H31N3O2. The Hall–Kier alpha value is -2.14. The van der Waals surface area contributed by atoms with Gasteiger partial charge in [0.1, 0.15) is 0 Å². The van der Waals surface area contributed by atoms with E-state index in [9.17, 15) is 9.59 Å². The Bertz CT molecular complexity index is 758. The van der Waals surface area contributed by atoms with Crippen LogP contribution in [0.15, 0.2) is 36.0 Å². The maximum Gasteiger partial charge on any atom is 0.227 e. The highest BCUT2D eigenvalue weighted by atomic mass is 16.2. The summed E-state index contributed by atoms with van der Waals surface area (Å²) in [6.45, 7) is 6.41. The molecule has 1 fully saturated rings. The number of carbonyl (C=O) groups is 2. The molecular weight excluding hydrogens is 350 g/mol. The average Bonchev–Trinajstić information content (AvgIpc) is 2.99. The van der Waals surface area contributed by atoms with E-state index in [0.29, 0.717) is 24.9 Å². The Balaban J connectivity index is 1.32. The molecule has 0 radical (unpaired) electrons. The third-order valence-corrected chi connectivity index (χ3v) is 6.17. The van der Waals surface area contributed by atoms with E-state index < -0.39 is 0 Å². The molecule has 1 aromatic carbocycles. The van der Waals surface area contributed by atoms with Gasteiger partial charge in [0.2, 0.25) is 5.91 Å². The number of amides is 1. The number of benzene rings is 1. The number of carbonyl (C=O) groups excluding carboxylic acids is 2. The quantitative estimate of drug-likeness (QED) is 0.733. The molecule has 1 aromatic rings. The van der Waals surface area contributed by atoms with Crippen molar-refractivity contribution in [2.45, 2.75) is 44.9 Å². The first-order valence-corrected chi connectivity index (χ1v) is 10.8. The zero-order valence-electron chi connectivity index (χ0n) is 16.7. The number of para-hydroxylation sites is 1.